The number of anilines is 1. The lowest BCUT2D eigenvalue weighted by Crippen LogP contribution is -2.50. The quantitative estimate of drug-likeness (QED) is 0.592. The zero-order valence-electron chi connectivity index (χ0n) is 8.24. The van der Waals surface area contributed by atoms with E-state index in [0.717, 1.165) is 0 Å². The lowest BCUT2D eigenvalue weighted by Gasteiger charge is -2.37. The average molecular weight is 223 g/mol. The van der Waals surface area contributed by atoms with Crippen molar-refractivity contribution in [2.24, 2.45) is 5.92 Å². The number of aliphatic carboxylic acids is 1. The third kappa shape index (κ3) is 1.79. The number of pyridine rings is 1. The van der Waals surface area contributed by atoms with Crippen molar-refractivity contribution in [1.82, 2.24) is 4.98 Å². The molecule has 0 atom stereocenters. The molecule has 1 saturated heterocycles. The predicted molar refractivity (Wildman–Crippen MR) is 54.2 cm³/mol. The van der Waals surface area contributed by atoms with E-state index < -0.39 is 10.9 Å². The number of aromatic nitrogens is 1. The van der Waals surface area contributed by atoms with Gasteiger partial charge in [-0.1, -0.05) is 0 Å². The summed E-state index contributed by atoms with van der Waals surface area (Å²) in [6.07, 6.45) is 1.39. The molecule has 0 aromatic carbocycles. The lowest BCUT2D eigenvalue weighted by atomic mass is 10.00. The van der Waals surface area contributed by atoms with Gasteiger partial charge in [0.25, 0.3) is 0 Å². The van der Waals surface area contributed by atoms with Crippen LogP contribution in [0, 0.1) is 16.0 Å². The first kappa shape index (κ1) is 10.3. The van der Waals surface area contributed by atoms with Crippen LogP contribution in [-0.4, -0.2) is 34.1 Å². The van der Waals surface area contributed by atoms with E-state index in [2.05, 4.69) is 4.98 Å². The van der Waals surface area contributed by atoms with Crippen LogP contribution in [0.5, 0.6) is 0 Å². The maximum atomic E-state index is 10.6. The molecule has 1 aliphatic rings. The Kier molecular flexibility index (Phi) is 2.43. The van der Waals surface area contributed by atoms with Gasteiger partial charge in [0.1, 0.15) is 0 Å². The van der Waals surface area contributed by atoms with E-state index in [1.54, 1.807) is 6.07 Å². The molecule has 7 heteroatoms. The molecule has 0 spiro atoms. The van der Waals surface area contributed by atoms with Gasteiger partial charge in [-0.2, -0.15) is 0 Å². The Morgan fingerprint density at radius 1 is 1.56 bits per heavy atom. The van der Waals surface area contributed by atoms with Crippen molar-refractivity contribution in [3.05, 3.63) is 28.4 Å². The molecule has 84 valence electrons. The van der Waals surface area contributed by atoms with Gasteiger partial charge in [-0.3, -0.25) is 4.79 Å². The van der Waals surface area contributed by atoms with Crippen molar-refractivity contribution in [3.63, 3.8) is 0 Å². The molecule has 1 aliphatic heterocycles. The second-order valence-electron chi connectivity index (χ2n) is 3.57. The zero-order valence-corrected chi connectivity index (χ0v) is 8.24. The molecule has 0 aliphatic carbocycles. The van der Waals surface area contributed by atoms with E-state index >= 15 is 0 Å². The Balaban J connectivity index is 2.02. The minimum absolute atomic E-state index is 0.209. The van der Waals surface area contributed by atoms with Crippen LogP contribution in [0.2, 0.25) is 0 Å². The Morgan fingerprint density at radius 2 is 2.25 bits per heavy atom. The summed E-state index contributed by atoms with van der Waals surface area (Å²) in [5.41, 5.74) is 0.711. The van der Waals surface area contributed by atoms with Crippen molar-refractivity contribution in [2.45, 2.75) is 0 Å². The topological polar surface area (TPSA) is 96.6 Å². The maximum Gasteiger partial charge on any atom is 0.363 e. The summed E-state index contributed by atoms with van der Waals surface area (Å²) in [5, 5.41) is 19.0. The SMILES string of the molecule is O=C(O)C1CN(c2ccc([N+](=O)[O-])nc2)C1. The molecule has 16 heavy (non-hydrogen) atoms. The van der Waals surface area contributed by atoms with Crippen LogP contribution in [0.4, 0.5) is 11.5 Å². The number of carboxylic acids is 1. The van der Waals surface area contributed by atoms with E-state index in [4.69, 9.17) is 5.11 Å². The Hall–Kier alpha value is -2.18. The van der Waals surface area contributed by atoms with Gasteiger partial charge >= 0.3 is 11.8 Å². The minimum Gasteiger partial charge on any atom is -0.481 e. The molecule has 0 saturated carbocycles. The molecular weight excluding hydrogens is 214 g/mol. The highest BCUT2D eigenvalue weighted by Gasteiger charge is 2.33. The summed E-state index contributed by atoms with van der Waals surface area (Å²) < 4.78 is 0. The number of carboxylic acid groups (broad SMARTS) is 1. The highest BCUT2D eigenvalue weighted by molar-refractivity contribution is 5.74. The van der Waals surface area contributed by atoms with E-state index in [1.807, 2.05) is 4.90 Å². The van der Waals surface area contributed by atoms with Crippen molar-refractivity contribution in [1.29, 1.82) is 0 Å². The Labute approximate surface area is 90.5 Å². The molecular formula is C9H9N3O4. The molecule has 2 heterocycles. The van der Waals surface area contributed by atoms with Crippen molar-refractivity contribution in [2.75, 3.05) is 18.0 Å². The first-order chi connectivity index (χ1) is 7.58. The number of nitrogens with zero attached hydrogens (tertiary/aromatic N) is 3. The largest absolute Gasteiger partial charge is 0.481 e. The summed E-state index contributed by atoms with van der Waals surface area (Å²) in [7, 11) is 0. The Bertz CT molecular complexity index is 425. The Morgan fingerprint density at radius 3 is 2.69 bits per heavy atom. The monoisotopic (exact) mass is 223 g/mol. The third-order valence-corrected chi connectivity index (χ3v) is 2.52. The summed E-state index contributed by atoms with van der Waals surface area (Å²) in [6, 6.07) is 2.88. The molecule has 2 rings (SSSR count). The van der Waals surface area contributed by atoms with Crippen molar-refractivity contribution >= 4 is 17.5 Å². The molecule has 0 unspecified atom stereocenters. The average Bonchev–Trinajstić information content (AvgIpc) is 2.15. The van der Waals surface area contributed by atoms with E-state index in [-0.39, 0.29) is 11.7 Å². The van der Waals surface area contributed by atoms with Crippen LogP contribution >= 0.6 is 0 Å². The first-order valence-electron chi connectivity index (χ1n) is 4.66. The van der Waals surface area contributed by atoms with Crippen molar-refractivity contribution in [3.8, 4) is 0 Å². The highest BCUT2D eigenvalue weighted by Crippen LogP contribution is 2.24. The smallest absolute Gasteiger partial charge is 0.363 e. The highest BCUT2D eigenvalue weighted by atomic mass is 16.6. The number of rotatable bonds is 3. The molecule has 0 radical (unpaired) electrons. The van der Waals surface area contributed by atoms with Crippen LogP contribution in [0.1, 0.15) is 0 Å². The summed E-state index contributed by atoms with van der Waals surface area (Å²) >= 11 is 0. The number of nitro groups is 1. The van der Waals surface area contributed by atoms with Crippen molar-refractivity contribution < 1.29 is 14.8 Å². The fraction of sp³-hybridized carbons (Fsp3) is 0.333. The number of carbonyl (C=O) groups is 1. The van der Waals surface area contributed by atoms with Crippen LogP contribution in [0.3, 0.4) is 0 Å². The van der Waals surface area contributed by atoms with Gasteiger partial charge in [0.2, 0.25) is 0 Å². The molecule has 7 nitrogen and oxygen atoms in total. The van der Waals surface area contributed by atoms with E-state index in [1.165, 1.54) is 12.3 Å². The molecule has 0 amide bonds. The minimum atomic E-state index is -0.814. The zero-order chi connectivity index (χ0) is 11.7. The number of hydrogen-bond donors (Lipinski definition) is 1. The van der Waals surface area contributed by atoms with Crippen LogP contribution in [0.25, 0.3) is 0 Å². The first-order valence-corrected chi connectivity index (χ1v) is 4.66. The predicted octanol–water partition coefficient (Wildman–Crippen LogP) is 0.511. The molecule has 1 fully saturated rings. The summed E-state index contributed by atoms with van der Waals surface area (Å²) in [6.45, 7) is 0.851. The summed E-state index contributed by atoms with van der Waals surface area (Å²) in [4.78, 5) is 25.8. The second-order valence-corrected chi connectivity index (χ2v) is 3.57. The summed E-state index contributed by atoms with van der Waals surface area (Å²) in [5.74, 6) is -1.37. The molecule has 0 bridgehead atoms. The standard InChI is InChI=1S/C9H9N3O4/c13-9(14)6-4-11(5-6)7-1-2-8(10-3-7)12(15)16/h1-3,6H,4-5H2,(H,13,14). The van der Waals surface area contributed by atoms with Crippen LogP contribution in [0.15, 0.2) is 18.3 Å². The fourth-order valence-corrected chi connectivity index (χ4v) is 1.52. The normalized spacial score (nSPS) is 15.6. The fourth-order valence-electron chi connectivity index (χ4n) is 1.52. The second kappa shape index (κ2) is 3.76. The van der Waals surface area contributed by atoms with Gasteiger partial charge in [0.15, 0.2) is 6.20 Å². The van der Waals surface area contributed by atoms with Gasteiger partial charge < -0.3 is 20.1 Å². The van der Waals surface area contributed by atoms with Gasteiger partial charge in [-0.25, -0.2) is 0 Å². The van der Waals surface area contributed by atoms with Gasteiger partial charge in [-0.15, -0.1) is 0 Å². The third-order valence-electron chi connectivity index (χ3n) is 2.52. The number of hydrogen-bond acceptors (Lipinski definition) is 5. The lowest BCUT2D eigenvalue weighted by molar-refractivity contribution is -0.389. The van der Waals surface area contributed by atoms with Gasteiger partial charge in [0.05, 0.1) is 11.6 Å². The molecule has 1 aromatic heterocycles. The van der Waals surface area contributed by atoms with Gasteiger partial charge in [0, 0.05) is 19.2 Å². The van der Waals surface area contributed by atoms with Gasteiger partial charge in [-0.05, 0) is 16.0 Å². The molecule has 1 aromatic rings. The van der Waals surface area contributed by atoms with Crippen LogP contribution < -0.4 is 4.90 Å². The van der Waals surface area contributed by atoms with E-state index in [0.29, 0.717) is 18.8 Å². The van der Waals surface area contributed by atoms with E-state index in [9.17, 15) is 14.9 Å². The molecule has 1 N–H and O–H groups in total. The maximum absolute atomic E-state index is 10.6. The van der Waals surface area contributed by atoms with Crippen LogP contribution in [-0.2, 0) is 4.79 Å².